The Bertz CT molecular complexity index is 898. The highest BCUT2D eigenvalue weighted by atomic mass is 35.5. The highest BCUT2D eigenvalue weighted by Crippen LogP contribution is 2.36. The zero-order valence-corrected chi connectivity index (χ0v) is 15.8. The van der Waals surface area contributed by atoms with E-state index in [2.05, 4.69) is 25.9 Å². The van der Waals surface area contributed by atoms with E-state index in [-0.39, 0.29) is 6.04 Å². The van der Waals surface area contributed by atoms with Gasteiger partial charge in [-0.05, 0) is 48.7 Å². The number of nitrogens with zero attached hydrogens (tertiary/aromatic N) is 4. The van der Waals surface area contributed by atoms with Gasteiger partial charge in [-0.1, -0.05) is 36.2 Å². The van der Waals surface area contributed by atoms with Crippen LogP contribution < -0.4 is 5.73 Å². The summed E-state index contributed by atoms with van der Waals surface area (Å²) in [5.41, 5.74) is 10.2. The van der Waals surface area contributed by atoms with Gasteiger partial charge >= 0.3 is 0 Å². The lowest BCUT2D eigenvalue weighted by Crippen LogP contribution is -2.34. The van der Waals surface area contributed by atoms with Gasteiger partial charge in [-0.2, -0.15) is 0 Å². The summed E-state index contributed by atoms with van der Waals surface area (Å²) >= 11 is 6.06. The van der Waals surface area contributed by atoms with Gasteiger partial charge in [0.05, 0.1) is 11.7 Å². The van der Waals surface area contributed by atoms with Gasteiger partial charge in [0.15, 0.2) is 0 Å². The van der Waals surface area contributed by atoms with Gasteiger partial charge in [-0.15, -0.1) is 0 Å². The summed E-state index contributed by atoms with van der Waals surface area (Å²) < 4.78 is 0. The molecule has 1 aliphatic heterocycles. The van der Waals surface area contributed by atoms with Gasteiger partial charge in [0.1, 0.15) is 0 Å². The molecule has 2 N–H and O–H groups in total. The van der Waals surface area contributed by atoms with Crippen molar-refractivity contribution in [1.82, 2.24) is 19.9 Å². The third-order valence-electron chi connectivity index (χ3n) is 5.03. The molecule has 5 nitrogen and oxygen atoms in total. The molecule has 1 unspecified atom stereocenters. The smallest absolute Gasteiger partial charge is 0.220 e. The molecule has 0 radical (unpaired) electrons. The number of benzene rings is 1. The summed E-state index contributed by atoms with van der Waals surface area (Å²) in [6, 6.07) is 12.1. The van der Waals surface area contributed by atoms with Crippen LogP contribution in [0.5, 0.6) is 0 Å². The van der Waals surface area contributed by atoms with E-state index in [9.17, 15) is 0 Å². The van der Waals surface area contributed by atoms with Gasteiger partial charge in [0.25, 0.3) is 0 Å². The Morgan fingerprint density at radius 3 is 2.74 bits per heavy atom. The number of halogens is 1. The van der Waals surface area contributed by atoms with Gasteiger partial charge in [-0.25, -0.2) is 9.97 Å². The number of piperidine rings is 1. The maximum absolute atomic E-state index is 6.06. The summed E-state index contributed by atoms with van der Waals surface area (Å²) in [5.74, 6) is 0.314. The lowest BCUT2D eigenvalue weighted by atomic mass is 9.93. The van der Waals surface area contributed by atoms with E-state index in [1.807, 2.05) is 42.7 Å². The van der Waals surface area contributed by atoms with E-state index < -0.39 is 0 Å². The molecular weight excluding hydrogens is 358 g/mol. The molecule has 3 aromatic rings. The van der Waals surface area contributed by atoms with Crippen LogP contribution in [0.4, 0.5) is 5.95 Å². The molecular formula is C21H22ClN5. The Hall–Kier alpha value is -2.50. The fourth-order valence-electron chi connectivity index (χ4n) is 3.73. The molecule has 0 saturated carbocycles. The molecule has 1 fully saturated rings. The van der Waals surface area contributed by atoms with Crippen LogP contribution in [-0.4, -0.2) is 26.4 Å². The second-order valence-electron chi connectivity index (χ2n) is 6.88. The van der Waals surface area contributed by atoms with Gasteiger partial charge in [0, 0.05) is 35.7 Å². The van der Waals surface area contributed by atoms with Crippen LogP contribution >= 0.6 is 11.6 Å². The molecule has 0 aliphatic carbocycles. The Kier molecular flexibility index (Phi) is 5.32. The Balaban J connectivity index is 1.71. The first-order valence-corrected chi connectivity index (χ1v) is 9.60. The van der Waals surface area contributed by atoms with Crippen LogP contribution in [-0.2, 0) is 6.54 Å². The first-order chi connectivity index (χ1) is 13.2. The predicted molar refractivity (Wildman–Crippen MR) is 108 cm³/mol. The third kappa shape index (κ3) is 4.10. The minimum absolute atomic E-state index is 0.204. The van der Waals surface area contributed by atoms with Crippen molar-refractivity contribution in [2.75, 3.05) is 12.3 Å². The third-order valence-corrected chi connectivity index (χ3v) is 5.28. The molecule has 1 saturated heterocycles. The average molecular weight is 380 g/mol. The van der Waals surface area contributed by atoms with Crippen LogP contribution in [0.15, 0.2) is 55.0 Å². The molecule has 6 heteroatoms. The SMILES string of the molecule is Nc1ncc(-c2ccc(Cl)cc2)c(C2CCCCN2Cc2cccnc2)n1. The first kappa shape index (κ1) is 17.9. The van der Waals surface area contributed by atoms with E-state index in [1.54, 1.807) is 6.20 Å². The van der Waals surface area contributed by atoms with Gasteiger partial charge < -0.3 is 5.73 Å². The number of likely N-dealkylation sites (tertiary alicyclic amines) is 1. The van der Waals surface area contributed by atoms with Crippen molar-refractivity contribution in [3.63, 3.8) is 0 Å². The van der Waals surface area contributed by atoms with Crippen LogP contribution in [0.25, 0.3) is 11.1 Å². The maximum atomic E-state index is 6.06. The first-order valence-electron chi connectivity index (χ1n) is 9.22. The van der Waals surface area contributed by atoms with E-state index in [1.165, 1.54) is 18.4 Å². The predicted octanol–water partition coefficient (Wildman–Crippen LogP) is 4.50. The Morgan fingerprint density at radius 2 is 1.96 bits per heavy atom. The van der Waals surface area contributed by atoms with Crippen LogP contribution in [0.2, 0.25) is 5.02 Å². The number of pyridine rings is 1. The molecule has 0 spiro atoms. The highest BCUT2D eigenvalue weighted by Gasteiger charge is 2.28. The number of aromatic nitrogens is 3. The number of hydrogen-bond acceptors (Lipinski definition) is 5. The molecule has 3 heterocycles. The largest absolute Gasteiger partial charge is 0.368 e. The highest BCUT2D eigenvalue weighted by molar-refractivity contribution is 6.30. The van der Waals surface area contributed by atoms with Crippen molar-refractivity contribution in [2.45, 2.75) is 31.8 Å². The second-order valence-corrected chi connectivity index (χ2v) is 7.31. The minimum atomic E-state index is 0.204. The molecule has 138 valence electrons. The standard InChI is InChI=1S/C21H22ClN5/c22-17-8-6-16(7-9-17)18-13-25-21(23)26-20(18)19-5-1-2-11-27(19)14-15-4-3-10-24-12-15/h3-4,6-10,12-13,19H,1-2,5,11,14H2,(H2,23,25,26). The summed E-state index contributed by atoms with van der Waals surface area (Å²) in [4.78, 5) is 15.6. The van der Waals surface area contributed by atoms with Crippen LogP contribution in [0, 0.1) is 0 Å². The zero-order valence-electron chi connectivity index (χ0n) is 15.1. The molecule has 4 rings (SSSR count). The number of nitrogens with two attached hydrogens (primary N) is 1. The van der Waals surface area contributed by atoms with E-state index in [4.69, 9.17) is 17.3 Å². The van der Waals surface area contributed by atoms with Gasteiger partial charge in [0.2, 0.25) is 5.95 Å². The molecule has 0 bridgehead atoms. The maximum Gasteiger partial charge on any atom is 0.220 e. The summed E-state index contributed by atoms with van der Waals surface area (Å²) in [5, 5.41) is 0.715. The summed E-state index contributed by atoms with van der Waals surface area (Å²) in [7, 11) is 0. The van der Waals surface area contributed by atoms with Crippen LogP contribution in [0.1, 0.15) is 36.6 Å². The van der Waals surface area contributed by atoms with Crippen molar-refractivity contribution in [2.24, 2.45) is 0 Å². The zero-order chi connectivity index (χ0) is 18.6. The monoisotopic (exact) mass is 379 g/mol. The number of nitrogen functional groups attached to an aromatic ring is 1. The normalized spacial score (nSPS) is 17.7. The lowest BCUT2D eigenvalue weighted by molar-refractivity contribution is 0.137. The van der Waals surface area contributed by atoms with Gasteiger partial charge in [-0.3, -0.25) is 9.88 Å². The van der Waals surface area contributed by atoms with Crippen LogP contribution in [0.3, 0.4) is 0 Å². The Labute approximate surface area is 164 Å². The molecule has 27 heavy (non-hydrogen) atoms. The summed E-state index contributed by atoms with van der Waals surface area (Å²) in [6.45, 7) is 1.88. The minimum Gasteiger partial charge on any atom is -0.368 e. The molecule has 1 atom stereocenters. The molecule has 2 aromatic heterocycles. The van der Waals surface area contributed by atoms with E-state index in [0.717, 1.165) is 36.3 Å². The number of rotatable bonds is 4. The van der Waals surface area contributed by atoms with Crippen molar-refractivity contribution < 1.29 is 0 Å². The topological polar surface area (TPSA) is 67.9 Å². The quantitative estimate of drug-likeness (QED) is 0.722. The van der Waals surface area contributed by atoms with E-state index in [0.29, 0.717) is 11.0 Å². The van der Waals surface area contributed by atoms with Crippen molar-refractivity contribution in [3.8, 4) is 11.1 Å². The number of anilines is 1. The van der Waals surface area contributed by atoms with Crippen molar-refractivity contribution >= 4 is 17.5 Å². The molecule has 0 amide bonds. The fourth-order valence-corrected chi connectivity index (χ4v) is 3.86. The second kappa shape index (κ2) is 8.03. The fraction of sp³-hybridized carbons (Fsp3) is 0.286. The Morgan fingerprint density at radius 1 is 1.11 bits per heavy atom. The van der Waals surface area contributed by atoms with Crippen molar-refractivity contribution in [3.05, 3.63) is 71.3 Å². The van der Waals surface area contributed by atoms with Crippen molar-refractivity contribution in [1.29, 1.82) is 0 Å². The summed E-state index contributed by atoms with van der Waals surface area (Å²) in [6.07, 6.45) is 8.99. The van der Waals surface area contributed by atoms with E-state index >= 15 is 0 Å². The lowest BCUT2D eigenvalue weighted by Gasteiger charge is -2.36. The average Bonchev–Trinajstić information content (AvgIpc) is 2.70. The number of hydrogen-bond donors (Lipinski definition) is 1. The molecule has 1 aromatic carbocycles. The molecule has 1 aliphatic rings.